The number of nitro groups is 1. The number of rotatable bonds is 7. The molecule has 142 valence electrons. The predicted molar refractivity (Wildman–Crippen MR) is 105 cm³/mol. The Morgan fingerprint density at radius 2 is 1.96 bits per heavy atom. The second-order valence-corrected chi connectivity index (χ2v) is 6.70. The van der Waals surface area contributed by atoms with Crippen LogP contribution in [0.4, 0.5) is 5.69 Å². The Kier molecular flexibility index (Phi) is 6.12. The van der Waals surface area contributed by atoms with Crippen molar-refractivity contribution in [3.63, 3.8) is 0 Å². The van der Waals surface area contributed by atoms with E-state index in [0.29, 0.717) is 16.9 Å². The highest BCUT2D eigenvalue weighted by Crippen LogP contribution is 2.20. The summed E-state index contributed by atoms with van der Waals surface area (Å²) in [4.78, 5) is 22.3. The summed E-state index contributed by atoms with van der Waals surface area (Å²) >= 11 is 1.56. The number of carbonyl (C=O) groups excluding carboxylic acids is 1. The highest BCUT2D eigenvalue weighted by atomic mass is 32.2. The molecule has 0 saturated heterocycles. The summed E-state index contributed by atoms with van der Waals surface area (Å²) in [6, 6.07) is 13.1. The summed E-state index contributed by atoms with van der Waals surface area (Å²) in [6.45, 7) is 0. The van der Waals surface area contributed by atoms with E-state index in [-0.39, 0.29) is 11.6 Å². The first-order valence-corrected chi connectivity index (χ1v) is 9.15. The van der Waals surface area contributed by atoms with Gasteiger partial charge in [0.2, 0.25) is 0 Å². The van der Waals surface area contributed by atoms with E-state index in [1.54, 1.807) is 42.4 Å². The summed E-state index contributed by atoms with van der Waals surface area (Å²) in [5.41, 5.74) is 4.61. The highest BCUT2D eigenvalue weighted by Gasteiger charge is 2.06. The monoisotopic (exact) mass is 396 g/mol. The topological polar surface area (TPSA) is 115 Å². The van der Waals surface area contributed by atoms with Gasteiger partial charge in [-0.2, -0.15) is 5.10 Å². The Morgan fingerprint density at radius 3 is 2.57 bits per heavy atom. The summed E-state index contributed by atoms with van der Waals surface area (Å²) in [5.74, 6) is 0.373. The number of nitro benzene ring substituents is 1. The number of nitrogens with one attached hydrogen (secondary N) is 1. The van der Waals surface area contributed by atoms with Gasteiger partial charge in [0.05, 0.1) is 11.1 Å². The van der Waals surface area contributed by atoms with Crippen LogP contribution in [0.2, 0.25) is 0 Å². The molecule has 0 atom stereocenters. The largest absolute Gasteiger partial charge is 0.312 e. The molecular formula is C18H16N6O3S. The van der Waals surface area contributed by atoms with Crippen LogP contribution in [0.5, 0.6) is 0 Å². The molecule has 0 aliphatic carbocycles. The molecule has 0 unspecified atom stereocenters. The number of hydrogen-bond acceptors (Lipinski definition) is 7. The number of aromatic nitrogens is 3. The summed E-state index contributed by atoms with van der Waals surface area (Å²) < 4.78 is 1.84. The number of amides is 1. The Balaban J connectivity index is 1.52. The van der Waals surface area contributed by atoms with Gasteiger partial charge >= 0.3 is 0 Å². The van der Waals surface area contributed by atoms with Gasteiger partial charge in [0.15, 0.2) is 5.16 Å². The van der Waals surface area contributed by atoms with E-state index in [2.05, 4.69) is 20.7 Å². The Bertz CT molecular complexity index is 999. The van der Waals surface area contributed by atoms with Crippen molar-refractivity contribution >= 4 is 29.6 Å². The smallest absolute Gasteiger partial charge is 0.271 e. The number of benzene rings is 2. The average molecular weight is 396 g/mol. The minimum absolute atomic E-state index is 0.00128. The molecule has 2 aromatic carbocycles. The number of non-ortho nitro benzene ring substituents is 1. The second-order valence-electron chi connectivity index (χ2n) is 5.76. The third kappa shape index (κ3) is 5.01. The zero-order chi connectivity index (χ0) is 19.9. The molecule has 1 heterocycles. The maximum absolute atomic E-state index is 12.1. The van der Waals surface area contributed by atoms with Crippen LogP contribution in [0.15, 0.2) is 65.1 Å². The van der Waals surface area contributed by atoms with Gasteiger partial charge in [0.25, 0.3) is 11.6 Å². The van der Waals surface area contributed by atoms with Crippen LogP contribution >= 0.6 is 11.8 Å². The van der Waals surface area contributed by atoms with E-state index >= 15 is 0 Å². The lowest BCUT2D eigenvalue weighted by Crippen LogP contribution is -2.17. The molecule has 1 amide bonds. The van der Waals surface area contributed by atoms with E-state index < -0.39 is 4.92 Å². The summed E-state index contributed by atoms with van der Waals surface area (Å²) in [6.07, 6.45) is 3.07. The van der Waals surface area contributed by atoms with Crippen LogP contribution in [0.25, 0.3) is 0 Å². The first-order valence-electron chi connectivity index (χ1n) is 8.16. The fourth-order valence-corrected chi connectivity index (χ4v) is 3.06. The SMILES string of the molecule is Cn1cnnc1SCc1ccc(C(=O)N/N=C\c2ccc([N+](=O)[O-])cc2)cc1. The molecule has 28 heavy (non-hydrogen) atoms. The van der Waals surface area contributed by atoms with Crippen molar-refractivity contribution in [3.05, 3.63) is 81.7 Å². The van der Waals surface area contributed by atoms with Gasteiger partial charge in [-0.3, -0.25) is 14.9 Å². The molecule has 3 aromatic rings. The van der Waals surface area contributed by atoms with E-state index in [0.717, 1.165) is 10.7 Å². The molecular weight excluding hydrogens is 380 g/mol. The van der Waals surface area contributed by atoms with Crippen LogP contribution < -0.4 is 5.43 Å². The average Bonchev–Trinajstić information content (AvgIpc) is 3.12. The quantitative estimate of drug-likeness (QED) is 0.284. The molecule has 0 bridgehead atoms. The number of thioether (sulfide) groups is 1. The number of nitrogens with zero attached hydrogens (tertiary/aromatic N) is 5. The van der Waals surface area contributed by atoms with Crippen molar-refractivity contribution in [2.24, 2.45) is 12.1 Å². The zero-order valence-electron chi connectivity index (χ0n) is 14.8. The Labute approximate surface area is 164 Å². The number of hydrogen-bond donors (Lipinski definition) is 1. The van der Waals surface area contributed by atoms with Gasteiger partial charge in [0, 0.05) is 30.5 Å². The van der Waals surface area contributed by atoms with Gasteiger partial charge in [-0.15, -0.1) is 10.2 Å². The van der Waals surface area contributed by atoms with E-state index in [1.807, 2.05) is 23.7 Å². The van der Waals surface area contributed by atoms with Gasteiger partial charge < -0.3 is 4.57 Å². The molecule has 0 saturated carbocycles. The van der Waals surface area contributed by atoms with Gasteiger partial charge in [-0.1, -0.05) is 23.9 Å². The van der Waals surface area contributed by atoms with Crippen LogP contribution in [0.1, 0.15) is 21.5 Å². The lowest BCUT2D eigenvalue weighted by molar-refractivity contribution is -0.384. The predicted octanol–water partition coefficient (Wildman–Crippen LogP) is 2.78. The third-order valence-electron chi connectivity index (χ3n) is 3.74. The molecule has 0 spiro atoms. The van der Waals surface area contributed by atoms with Crippen LogP contribution in [-0.2, 0) is 12.8 Å². The standard InChI is InChI=1S/C18H16N6O3S/c1-23-12-20-22-18(23)28-11-14-2-6-15(7-3-14)17(25)21-19-10-13-4-8-16(9-5-13)24(26)27/h2-10,12H,11H2,1H3,(H,21,25)/b19-10-. The van der Waals surface area contributed by atoms with Crippen LogP contribution in [-0.4, -0.2) is 31.8 Å². The number of hydrazone groups is 1. The van der Waals surface area contributed by atoms with E-state index in [9.17, 15) is 14.9 Å². The lowest BCUT2D eigenvalue weighted by Gasteiger charge is -2.03. The molecule has 3 rings (SSSR count). The van der Waals surface area contributed by atoms with Crippen molar-refractivity contribution in [2.75, 3.05) is 0 Å². The third-order valence-corrected chi connectivity index (χ3v) is 4.84. The van der Waals surface area contributed by atoms with Crippen molar-refractivity contribution in [3.8, 4) is 0 Å². The van der Waals surface area contributed by atoms with Crippen molar-refractivity contribution in [1.29, 1.82) is 0 Å². The minimum Gasteiger partial charge on any atom is -0.312 e. The fraction of sp³-hybridized carbons (Fsp3) is 0.111. The molecule has 0 fully saturated rings. The summed E-state index contributed by atoms with van der Waals surface area (Å²) in [7, 11) is 1.88. The molecule has 1 N–H and O–H groups in total. The zero-order valence-corrected chi connectivity index (χ0v) is 15.7. The first-order chi connectivity index (χ1) is 13.5. The molecule has 0 aliphatic heterocycles. The Morgan fingerprint density at radius 1 is 1.25 bits per heavy atom. The first kappa shape index (κ1) is 19.2. The van der Waals surface area contributed by atoms with Crippen molar-refractivity contribution < 1.29 is 9.72 Å². The second kappa shape index (κ2) is 8.91. The summed E-state index contributed by atoms with van der Waals surface area (Å²) in [5, 5.41) is 23.2. The molecule has 0 radical (unpaired) electrons. The van der Waals surface area contributed by atoms with Gasteiger partial charge in [-0.05, 0) is 35.4 Å². The van der Waals surface area contributed by atoms with Crippen LogP contribution in [0, 0.1) is 10.1 Å². The maximum atomic E-state index is 12.1. The normalized spacial score (nSPS) is 10.9. The van der Waals surface area contributed by atoms with Gasteiger partial charge in [-0.25, -0.2) is 5.43 Å². The van der Waals surface area contributed by atoms with Crippen molar-refractivity contribution in [1.82, 2.24) is 20.2 Å². The molecule has 10 heteroatoms. The molecule has 0 aliphatic rings. The molecule has 9 nitrogen and oxygen atoms in total. The maximum Gasteiger partial charge on any atom is 0.271 e. The lowest BCUT2D eigenvalue weighted by atomic mass is 10.1. The number of aryl methyl sites for hydroxylation is 1. The molecule has 1 aromatic heterocycles. The van der Waals surface area contributed by atoms with Gasteiger partial charge in [0.1, 0.15) is 6.33 Å². The van der Waals surface area contributed by atoms with E-state index in [4.69, 9.17) is 0 Å². The fourth-order valence-electron chi connectivity index (χ4n) is 2.22. The van der Waals surface area contributed by atoms with Crippen molar-refractivity contribution in [2.45, 2.75) is 10.9 Å². The Hall–Kier alpha value is -3.53. The van der Waals surface area contributed by atoms with Crippen LogP contribution in [0.3, 0.4) is 0 Å². The number of carbonyl (C=O) groups is 1. The highest BCUT2D eigenvalue weighted by molar-refractivity contribution is 7.98. The minimum atomic E-state index is -0.474. The van der Waals surface area contributed by atoms with E-state index in [1.165, 1.54) is 18.3 Å².